The summed E-state index contributed by atoms with van der Waals surface area (Å²) in [5, 5.41) is 2.26. The van der Waals surface area contributed by atoms with E-state index in [1.807, 2.05) is 24.4 Å². The number of nitrogens with one attached hydrogen (secondary N) is 1. The Labute approximate surface area is 112 Å². The van der Waals surface area contributed by atoms with Gasteiger partial charge < -0.3 is 4.74 Å². The number of allylic oxidation sites excluding steroid dienone is 1. The van der Waals surface area contributed by atoms with Crippen LogP contribution in [0.15, 0.2) is 48.4 Å². The van der Waals surface area contributed by atoms with Gasteiger partial charge in [-0.25, -0.2) is 5.43 Å². The highest BCUT2D eigenvalue weighted by Crippen LogP contribution is 2.28. The van der Waals surface area contributed by atoms with Gasteiger partial charge in [-0.1, -0.05) is 24.3 Å². The van der Waals surface area contributed by atoms with Crippen molar-refractivity contribution in [1.29, 1.82) is 0 Å². The van der Waals surface area contributed by atoms with Gasteiger partial charge >= 0.3 is 0 Å². The molecule has 3 N–H and O–H groups in total. The molecule has 3 rings (SSSR count). The summed E-state index contributed by atoms with van der Waals surface area (Å²) in [4.78, 5) is 4.49. The maximum atomic E-state index is 5.72. The van der Waals surface area contributed by atoms with Crippen LogP contribution in [-0.4, -0.2) is 11.6 Å². The Morgan fingerprint density at radius 3 is 2.95 bits per heavy atom. The van der Waals surface area contributed by atoms with Crippen molar-refractivity contribution in [3.63, 3.8) is 0 Å². The zero-order valence-corrected chi connectivity index (χ0v) is 10.7. The lowest BCUT2D eigenvalue weighted by Crippen LogP contribution is -2.31. The number of benzene rings is 1. The molecule has 0 spiro atoms. The Kier molecular flexibility index (Phi) is 3.44. The minimum atomic E-state index is -0.189. The van der Waals surface area contributed by atoms with Gasteiger partial charge in [0.2, 0.25) is 0 Å². The van der Waals surface area contributed by atoms with Crippen LogP contribution in [0.4, 0.5) is 0 Å². The molecule has 0 aliphatic carbocycles. The first-order chi connectivity index (χ1) is 9.40. The summed E-state index contributed by atoms with van der Waals surface area (Å²) in [5.41, 5.74) is 3.74. The largest absolute Gasteiger partial charge is 0.496 e. The van der Waals surface area contributed by atoms with Crippen LogP contribution < -0.4 is 11.3 Å². The first-order valence-corrected chi connectivity index (χ1v) is 6.53. The normalized spacial score (nSPS) is 16.8. The highest BCUT2D eigenvalue weighted by Gasteiger charge is 2.21. The number of hydrogen-bond donors (Lipinski definition) is 2. The predicted octanol–water partition coefficient (Wildman–Crippen LogP) is 2.43. The SMILES string of the molecule is NNC(C1=CCCCO1)c1nccc2ccccc12. The first kappa shape index (κ1) is 12.1. The zero-order chi connectivity index (χ0) is 13.1. The smallest absolute Gasteiger partial charge is 0.121 e. The van der Waals surface area contributed by atoms with E-state index in [9.17, 15) is 0 Å². The van der Waals surface area contributed by atoms with E-state index < -0.39 is 0 Å². The number of nitrogens with zero attached hydrogens (tertiary/aromatic N) is 1. The standard InChI is InChI=1S/C15H17N3O/c16-18-15(13-7-3-4-10-19-13)14-12-6-2-1-5-11(12)8-9-17-14/h1-2,5-9,15,18H,3-4,10,16H2. The van der Waals surface area contributed by atoms with E-state index >= 15 is 0 Å². The van der Waals surface area contributed by atoms with Crippen molar-refractivity contribution in [3.05, 3.63) is 54.1 Å². The van der Waals surface area contributed by atoms with E-state index in [1.54, 1.807) is 0 Å². The third-order valence-electron chi connectivity index (χ3n) is 3.39. The number of fused-ring (bicyclic) bond motifs is 1. The number of ether oxygens (including phenoxy) is 1. The summed E-state index contributed by atoms with van der Waals surface area (Å²) in [5.74, 6) is 6.59. The molecule has 0 saturated carbocycles. The second-order valence-electron chi connectivity index (χ2n) is 4.61. The molecule has 1 aromatic carbocycles. The minimum Gasteiger partial charge on any atom is -0.496 e. The van der Waals surface area contributed by atoms with E-state index in [4.69, 9.17) is 10.6 Å². The number of nitrogens with two attached hydrogens (primary N) is 1. The van der Waals surface area contributed by atoms with Gasteiger partial charge in [-0.3, -0.25) is 10.8 Å². The van der Waals surface area contributed by atoms with Crippen LogP contribution in [0.2, 0.25) is 0 Å². The Balaban J connectivity index is 2.08. The number of hydrogen-bond acceptors (Lipinski definition) is 4. The lowest BCUT2D eigenvalue weighted by molar-refractivity contribution is 0.167. The molecule has 0 radical (unpaired) electrons. The van der Waals surface area contributed by atoms with Gasteiger partial charge in [-0.05, 0) is 30.4 Å². The van der Waals surface area contributed by atoms with Gasteiger partial charge in [0.1, 0.15) is 11.8 Å². The molecule has 0 fully saturated rings. The Morgan fingerprint density at radius 2 is 2.16 bits per heavy atom. The van der Waals surface area contributed by atoms with Crippen molar-refractivity contribution in [1.82, 2.24) is 10.4 Å². The summed E-state index contributed by atoms with van der Waals surface area (Å²) in [6.07, 6.45) is 5.99. The molecule has 98 valence electrons. The third-order valence-corrected chi connectivity index (χ3v) is 3.39. The van der Waals surface area contributed by atoms with Crippen LogP contribution in [-0.2, 0) is 4.74 Å². The van der Waals surface area contributed by atoms with Crippen LogP contribution in [0.25, 0.3) is 10.8 Å². The number of rotatable bonds is 3. The second kappa shape index (κ2) is 5.38. The molecule has 4 heteroatoms. The van der Waals surface area contributed by atoms with E-state index in [1.165, 1.54) is 0 Å². The Bertz CT molecular complexity index is 604. The van der Waals surface area contributed by atoms with Gasteiger partial charge in [0.05, 0.1) is 12.3 Å². The molecule has 2 heterocycles. The van der Waals surface area contributed by atoms with Gasteiger partial charge in [-0.2, -0.15) is 0 Å². The lowest BCUT2D eigenvalue weighted by Gasteiger charge is -2.23. The molecule has 0 saturated heterocycles. The van der Waals surface area contributed by atoms with Gasteiger partial charge in [0, 0.05) is 11.6 Å². The van der Waals surface area contributed by atoms with E-state index in [0.717, 1.165) is 41.7 Å². The second-order valence-corrected chi connectivity index (χ2v) is 4.61. The summed E-state index contributed by atoms with van der Waals surface area (Å²) in [6, 6.07) is 9.98. The number of pyridine rings is 1. The molecule has 0 amide bonds. The number of hydrazine groups is 1. The monoisotopic (exact) mass is 255 g/mol. The van der Waals surface area contributed by atoms with E-state index in [-0.39, 0.29) is 6.04 Å². The van der Waals surface area contributed by atoms with Gasteiger partial charge in [-0.15, -0.1) is 0 Å². The quantitative estimate of drug-likeness (QED) is 0.653. The molecule has 1 aromatic heterocycles. The van der Waals surface area contributed by atoms with Crippen molar-refractivity contribution < 1.29 is 4.74 Å². The molecule has 19 heavy (non-hydrogen) atoms. The summed E-state index contributed by atoms with van der Waals surface area (Å²) in [6.45, 7) is 0.745. The molecular formula is C15H17N3O. The van der Waals surface area contributed by atoms with Crippen molar-refractivity contribution in [2.24, 2.45) is 5.84 Å². The van der Waals surface area contributed by atoms with Crippen LogP contribution in [0.5, 0.6) is 0 Å². The lowest BCUT2D eigenvalue weighted by atomic mass is 10.0. The number of aromatic nitrogens is 1. The predicted molar refractivity (Wildman–Crippen MR) is 75.1 cm³/mol. The molecular weight excluding hydrogens is 238 g/mol. The van der Waals surface area contributed by atoms with Gasteiger partial charge in [0.15, 0.2) is 0 Å². The van der Waals surface area contributed by atoms with E-state index in [2.05, 4.69) is 28.6 Å². The Morgan fingerprint density at radius 1 is 1.26 bits per heavy atom. The molecule has 2 aromatic rings. The average molecular weight is 255 g/mol. The maximum absolute atomic E-state index is 5.72. The first-order valence-electron chi connectivity index (χ1n) is 6.53. The van der Waals surface area contributed by atoms with Crippen LogP contribution in [0.3, 0.4) is 0 Å². The Hall–Kier alpha value is -1.91. The van der Waals surface area contributed by atoms with Crippen molar-refractivity contribution in [2.45, 2.75) is 18.9 Å². The summed E-state index contributed by atoms with van der Waals surface area (Å²) >= 11 is 0. The molecule has 0 bridgehead atoms. The highest BCUT2D eigenvalue weighted by molar-refractivity contribution is 5.84. The highest BCUT2D eigenvalue weighted by atomic mass is 16.5. The molecule has 1 aliphatic rings. The van der Waals surface area contributed by atoms with Crippen LogP contribution >= 0.6 is 0 Å². The fourth-order valence-electron chi connectivity index (χ4n) is 2.45. The molecule has 1 atom stereocenters. The minimum absolute atomic E-state index is 0.189. The van der Waals surface area contributed by atoms with E-state index in [0.29, 0.717) is 0 Å². The average Bonchev–Trinajstić information content (AvgIpc) is 2.49. The maximum Gasteiger partial charge on any atom is 0.121 e. The molecule has 4 nitrogen and oxygen atoms in total. The molecule has 1 aliphatic heterocycles. The van der Waals surface area contributed by atoms with Crippen molar-refractivity contribution >= 4 is 10.8 Å². The summed E-state index contributed by atoms with van der Waals surface area (Å²) < 4.78 is 5.71. The summed E-state index contributed by atoms with van der Waals surface area (Å²) in [7, 11) is 0. The molecule has 1 unspecified atom stereocenters. The van der Waals surface area contributed by atoms with Crippen LogP contribution in [0, 0.1) is 0 Å². The van der Waals surface area contributed by atoms with Crippen molar-refractivity contribution in [2.75, 3.05) is 6.61 Å². The fraction of sp³-hybridized carbons (Fsp3) is 0.267. The van der Waals surface area contributed by atoms with Crippen molar-refractivity contribution in [3.8, 4) is 0 Å². The topological polar surface area (TPSA) is 60.2 Å². The van der Waals surface area contributed by atoms with Gasteiger partial charge in [0.25, 0.3) is 0 Å². The third kappa shape index (κ3) is 2.32. The zero-order valence-electron chi connectivity index (χ0n) is 10.7. The van der Waals surface area contributed by atoms with Crippen LogP contribution in [0.1, 0.15) is 24.6 Å². The fourth-order valence-corrected chi connectivity index (χ4v) is 2.45.